The second kappa shape index (κ2) is 6.91. The van der Waals surface area contributed by atoms with E-state index in [1.807, 2.05) is 0 Å². The fraction of sp³-hybridized carbons (Fsp3) is 0.417. The van der Waals surface area contributed by atoms with Crippen LogP contribution in [0.5, 0.6) is 0 Å². The van der Waals surface area contributed by atoms with Crippen LogP contribution in [0, 0.1) is 5.82 Å². The van der Waals surface area contributed by atoms with Gasteiger partial charge < -0.3 is 0 Å². The van der Waals surface area contributed by atoms with E-state index < -0.39 is 26.5 Å². The van der Waals surface area contributed by atoms with E-state index in [0.717, 1.165) is 6.26 Å². The third-order valence-electron chi connectivity index (χ3n) is 2.35. The highest BCUT2D eigenvalue weighted by molar-refractivity contribution is 7.92. The molecule has 19 heavy (non-hydrogen) atoms. The molecule has 0 aliphatic rings. The van der Waals surface area contributed by atoms with Gasteiger partial charge in [0.25, 0.3) is 0 Å². The zero-order valence-electron chi connectivity index (χ0n) is 10.5. The van der Waals surface area contributed by atoms with Crippen LogP contribution in [0.25, 0.3) is 0 Å². The Labute approximate surface area is 114 Å². The molecular weight excluding hydrogens is 291 g/mol. The predicted octanol–water partition coefficient (Wildman–Crippen LogP) is 0.731. The topological polar surface area (TPSA) is 68.3 Å². The first-order valence-corrected chi connectivity index (χ1v) is 9.10. The lowest BCUT2D eigenvalue weighted by molar-refractivity contribution is -0.116. The summed E-state index contributed by atoms with van der Waals surface area (Å²) in [6.45, 7) is 0. The van der Waals surface area contributed by atoms with Gasteiger partial charge >= 0.3 is 0 Å². The fourth-order valence-electron chi connectivity index (χ4n) is 1.40. The molecule has 1 aromatic rings. The van der Waals surface area contributed by atoms with Crippen LogP contribution >= 0.6 is 0 Å². The lowest BCUT2D eigenvalue weighted by Gasteiger charge is -2.03. The van der Waals surface area contributed by atoms with Crippen molar-refractivity contribution in [2.45, 2.75) is 6.42 Å². The molecule has 0 bridgehead atoms. The van der Waals surface area contributed by atoms with Gasteiger partial charge in [-0.2, -0.15) is 0 Å². The molecule has 0 amide bonds. The quantitative estimate of drug-likeness (QED) is 0.745. The van der Waals surface area contributed by atoms with E-state index in [-0.39, 0.29) is 35.0 Å². The number of ketones is 1. The molecule has 7 heteroatoms. The highest BCUT2D eigenvalue weighted by atomic mass is 32.2. The number of benzene rings is 1. The van der Waals surface area contributed by atoms with E-state index in [1.54, 1.807) is 6.07 Å². The Kier molecular flexibility index (Phi) is 5.81. The second-order valence-electron chi connectivity index (χ2n) is 4.23. The number of Topliss-reactive ketones (excluding diaryl/α,β-unsaturated/α-hetero) is 1. The maximum atomic E-state index is 13.3. The maximum absolute atomic E-state index is 13.3. The molecule has 106 valence electrons. The lowest BCUT2D eigenvalue weighted by atomic mass is 10.1. The van der Waals surface area contributed by atoms with Crippen LogP contribution in [0.1, 0.15) is 5.56 Å². The zero-order chi connectivity index (χ0) is 14.5. The fourth-order valence-corrected chi connectivity index (χ4v) is 3.96. The maximum Gasteiger partial charge on any atom is 0.149 e. The Morgan fingerprint density at radius 1 is 1.32 bits per heavy atom. The van der Waals surface area contributed by atoms with E-state index in [2.05, 4.69) is 0 Å². The monoisotopic (exact) mass is 306 g/mol. The number of hydrogen-bond donors (Lipinski definition) is 0. The first kappa shape index (κ1) is 16.0. The van der Waals surface area contributed by atoms with Crippen LogP contribution in [0.15, 0.2) is 24.3 Å². The van der Waals surface area contributed by atoms with Crippen molar-refractivity contribution in [2.24, 2.45) is 0 Å². The second-order valence-corrected chi connectivity index (χ2v) is 8.06. The van der Waals surface area contributed by atoms with Crippen molar-refractivity contribution in [1.29, 1.82) is 0 Å². The smallest absolute Gasteiger partial charge is 0.149 e. The standard InChI is InChI=1S/C12H15FO4S2/c1-19(16,17)7-6-18(15)9-11(14)8-10-4-2-3-5-12(10)13/h2-5H,6-9H2,1H3. The van der Waals surface area contributed by atoms with E-state index >= 15 is 0 Å². The molecule has 0 heterocycles. The average molecular weight is 306 g/mol. The largest absolute Gasteiger partial charge is 0.298 e. The van der Waals surface area contributed by atoms with Gasteiger partial charge in [0.05, 0.1) is 11.5 Å². The van der Waals surface area contributed by atoms with Crippen molar-refractivity contribution in [3.63, 3.8) is 0 Å². The van der Waals surface area contributed by atoms with Gasteiger partial charge in [-0.15, -0.1) is 0 Å². The highest BCUT2D eigenvalue weighted by Gasteiger charge is 2.13. The van der Waals surface area contributed by atoms with Crippen molar-refractivity contribution in [2.75, 3.05) is 23.5 Å². The van der Waals surface area contributed by atoms with Crippen molar-refractivity contribution < 1.29 is 21.8 Å². The molecule has 0 aromatic heterocycles. The molecule has 1 rings (SSSR count). The van der Waals surface area contributed by atoms with Crippen LogP contribution < -0.4 is 0 Å². The normalized spacial score (nSPS) is 13.2. The van der Waals surface area contributed by atoms with Crippen LogP contribution in [0.3, 0.4) is 0 Å². The number of halogens is 1. The molecule has 1 aromatic carbocycles. The third kappa shape index (κ3) is 6.58. The minimum absolute atomic E-state index is 0.0676. The van der Waals surface area contributed by atoms with Gasteiger partial charge in [-0.05, 0) is 11.6 Å². The van der Waals surface area contributed by atoms with Crippen molar-refractivity contribution in [3.8, 4) is 0 Å². The van der Waals surface area contributed by atoms with Crippen LogP contribution in [-0.4, -0.2) is 41.9 Å². The van der Waals surface area contributed by atoms with Crippen LogP contribution in [0.2, 0.25) is 0 Å². The molecule has 0 aliphatic carbocycles. The molecule has 0 N–H and O–H groups in total. The SMILES string of the molecule is CS(=O)(=O)CCS(=O)CC(=O)Cc1ccccc1F. The number of rotatable bonds is 7. The minimum atomic E-state index is -3.18. The summed E-state index contributed by atoms with van der Waals surface area (Å²) in [5.74, 6) is -1.37. The molecule has 4 nitrogen and oxygen atoms in total. The van der Waals surface area contributed by atoms with Gasteiger partial charge in [-0.25, -0.2) is 12.8 Å². The predicted molar refractivity (Wildman–Crippen MR) is 72.7 cm³/mol. The summed E-state index contributed by atoms with van der Waals surface area (Å²) in [5.41, 5.74) is 0.257. The van der Waals surface area contributed by atoms with Crippen molar-refractivity contribution in [1.82, 2.24) is 0 Å². The number of hydrogen-bond acceptors (Lipinski definition) is 4. The summed E-state index contributed by atoms with van der Waals surface area (Å²) in [6.07, 6.45) is 0.919. The Balaban J connectivity index is 2.48. The summed E-state index contributed by atoms with van der Waals surface area (Å²) in [5, 5.41) is 0. The van der Waals surface area contributed by atoms with E-state index in [0.29, 0.717) is 0 Å². The van der Waals surface area contributed by atoms with Crippen LogP contribution in [-0.2, 0) is 31.9 Å². The van der Waals surface area contributed by atoms with Crippen molar-refractivity contribution >= 4 is 26.4 Å². The zero-order valence-corrected chi connectivity index (χ0v) is 12.1. The molecule has 0 spiro atoms. The first-order chi connectivity index (χ1) is 8.78. The highest BCUT2D eigenvalue weighted by Crippen LogP contribution is 2.07. The first-order valence-electron chi connectivity index (χ1n) is 5.56. The van der Waals surface area contributed by atoms with Gasteiger partial charge in [0.1, 0.15) is 21.4 Å². The third-order valence-corrected chi connectivity index (χ3v) is 4.86. The van der Waals surface area contributed by atoms with Gasteiger partial charge in [0.2, 0.25) is 0 Å². The number of sulfone groups is 1. The Morgan fingerprint density at radius 2 is 1.95 bits per heavy atom. The molecule has 0 saturated carbocycles. The summed E-state index contributed by atoms with van der Waals surface area (Å²) >= 11 is 0. The number of carbonyl (C=O) groups excluding carboxylic acids is 1. The van der Waals surface area contributed by atoms with Gasteiger partial charge in [-0.1, -0.05) is 18.2 Å². The van der Waals surface area contributed by atoms with Crippen molar-refractivity contribution in [3.05, 3.63) is 35.6 Å². The molecule has 0 radical (unpaired) electrons. The lowest BCUT2D eigenvalue weighted by Crippen LogP contribution is -2.19. The van der Waals surface area contributed by atoms with E-state index in [1.165, 1.54) is 18.2 Å². The van der Waals surface area contributed by atoms with E-state index in [9.17, 15) is 21.8 Å². The van der Waals surface area contributed by atoms with Gasteiger partial charge in [-0.3, -0.25) is 9.00 Å². The Bertz CT molecular complexity index is 581. The number of carbonyl (C=O) groups is 1. The molecule has 1 unspecified atom stereocenters. The molecule has 0 aliphatic heterocycles. The minimum Gasteiger partial charge on any atom is -0.298 e. The summed E-state index contributed by atoms with van der Waals surface area (Å²) in [4.78, 5) is 11.6. The Morgan fingerprint density at radius 3 is 2.53 bits per heavy atom. The van der Waals surface area contributed by atoms with Crippen LogP contribution in [0.4, 0.5) is 4.39 Å². The average Bonchev–Trinajstić information content (AvgIpc) is 2.29. The summed E-state index contributed by atoms with van der Waals surface area (Å²) in [7, 11) is -4.71. The summed E-state index contributed by atoms with van der Waals surface area (Å²) in [6, 6.07) is 5.88. The van der Waals surface area contributed by atoms with Gasteiger partial charge in [0.15, 0.2) is 0 Å². The molecule has 0 saturated heterocycles. The molecule has 0 fully saturated rings. The summed E-state index contributed by atoms with van der Waals surface area (Å²) < 4.78 is 46.6. The Hall–Kier alpha value is -1.08. The van der Waals surface area contributed by atoms with E-state index in [4.69, 9.17) is 0 Å². The molecule has 1 atom stereocenters. The van der Waals surface area contributed by atoms with Gasteiger partial charge in [0, 0.05) is 29.2 Å². The molecular formula is C12H15FO4S2.